The van der Waals surface area contributed by atoms with E-state index in [1.807, 2.05) is 6.92 Å². The second-order valence-electron chi connectivity index (χ2n) is 3.73. The molecular formula is C9H18N2O2. The fraction of sp³-hybridized carbons (Fsp3) is 0.889. The Morgan fingerprint density at radius 2 is 2.46 bits per heavy atom. The van der Waals surface area contributed by atoms with E-state index in [2.05, 4.69) is 9.64 Å². The summed E-state index contributed by atoms with van der Waals surface area (Å²) in [4.78, 5) is 13.3. The van der Waals surface area contributed by atoms with Crippen molar-refractivity contribution >= 4 is 5.97 Å². The minimum atomic E-state index is -0.138. The number of methoxy groups -OCH3 is 1. The number of ether oxygens (including phenoxy) is 1. The molecule has 1 fully saturated rings. The van der Waals surface area contributed by atoms with E-state index in [1.165, 1.54) is 7.11 Å². The number of likely N-dealkylation sites (tertiary alicyclic amines) is 1. The summed E-state index contributed by atoms with van der Waals surface area (Å²) in [5, 5.41) is 0. The zero-order valence-electron chi connectivity index (χ0n) is 8.32. The highest BCUT2D eigenvalue weighted by molar-refractivity contribution is 5.72. The number of nitrogens with two attached hydrogens (primary N) is 1. The zero-order chi connectivity index (χ0) is 9.84. The lowest BCUT2D eigenvalue weighted by atomic mass is 10.2. The topological polar surface area (TPSA) is 55.6 Å². The van der Waals surface area contributed by atoms with Gasteiger partial charge in [0.05, 0.1) is 13.0 Å². The highest BCUT2D eigenvalue weighted by Gasteiger charge is 2.23. The van der Waals surface area contributed by atoms with Crippen LogP contribution in [-0.4, -0.2) is 43.7 Å². The van der Waals surface area contributed by atoms with Gasteiger partial charge in [-0.05, 0) is 13.0 Å². The Bertz CT molecular complexity index is 184. The average molecular weight is 186 g/mol. The fourth-order valence-corrected chi connectivity index (χ4v) is 1.69. The standard InChI is InChI=1S/C9H18N2O2/c1-7(9(12)13-2)5-11-4-3-8(10)6-11/h7-8H,3-6,10H2,1-2H3/t7?,8-/m0/s1. The van der Waals surface area contributed by atoms with Crippen molar-refractivity contribution in [3.8, 4) is 0 Å². The minimum absolute atomic E-state index is 0.0460. The van der Waals surface area contributed by atoms with Crippen molar-refractivity contribution in [2.45, 2.75) is 19.4 Å². The van der Waals surface area contributed by atoms with Gasteiger partial charge in [0.25, 0.3) is 0 Å². The summed E-state index contributed by atoms with van der Waals surface area (Å²) in [6.07, 6.45) is 1.04. The monoisotopic (exact) mass is 186 g/mol. The van der Waals surface area contributed by atoms with Crippen LogP contribution in [-0.2, 0) is 9.53 Å². The molecule has 0 saturated carbocycles. The molecule has 1 saturated heterocycles. The molecular weight excluding hydrogens is 168 g/mol. The first-order chi connectivity index (χ1) is 6.13. The second kappa shape index (κ2) is 4.58. The number of esters is 1. The van der Waals surface area contributed by atoms with Gasteiger partial charge in [-0.3, -0.25) is 4.79 Å². The highest BCUT2D eigenvalue weighted by Crippen LogP contribution is 2.10. The van der Waals surface area contributed by atoms with E-state index in [1.54, 1.807) is 0 Å². The normalized spacial score (nSPS) is 25.9. The third-order valence-corrected chi connectivity index (χ3v) is 2.44. The molecule has 76 valence electrons. The molecule has 1 rings (SSSR count). The van der Waals surface area contributed by atoms with Gasteiger partial charge in [-0.15, -0.1) is 0 Å². The van der Waals surface area contributed by atoms with Crippen molar-refractivity contribution in [1.82, 2.24) is 4.90 Å². The lowest BCUT2D eigenvalue weighted by Crippen LogP contribution is -2.32. The van der Waals surface area contributed by atoms with Gasteiger partial charge in [-0.25, -0.2) is 0 Å². The number of hydrogen-bond acceptors (Lipinski definition) is 4. The predicted octanol–water partition coefficient (Wildman–Crippen LogP) is -0.171. The van der Waals surface area contributed by atoms with E-state index in [-0.39, 0.29) is 17.9 Å². The highest BCUT2D eigenvalue weighted by atomic mass is 16.5. The molecule has 0 aromatic rings. The van der Waals surface area contributed by atoms with Crippen LogP contribution in [0.25, 0.3) is 0 Å². The first kappa shape index (κ1) is 10.5. The number of rotatable bonds is 3. The van der Waals surface area contributed by atoms with Crippen molar-refractivity contribution in [1.29, 1.82) is 0 Å². The first-order valence-electron chi connectivity index (χ1n) is 4.69. The summed E-state index contributed by atoms with van der Waals surface area (Å²) in [5.41, 5.74) is 5.75. The van der Waals surface area contributed by atoms with Crippen molar-refractivity contribution < 1.29 is 9.53 Å². The van der Waals surface area contributed by atoms with Crippen LogP contribution < -0.4 is 5.73 Å². The van der Waals surface area contributed by atoms with Crippen LogP contribution in [0.5, 0.6) is 0 Å². The molecule has 2 N–H and O–H groups in total. The third kappa shape index (κ3) is 2.97. The molecule has 4 nitrogen and oxygen atoms in total. The van der Waals surface area contributed by atoms with Gasteiger partial charge in [0, 0.05) is 19.1 Å². The lowest BCUT2D eigenvalue weighted by molar-refractivity contribution is -0.145. The second-order valence-corrected chi connectivity index (χ2v) is 3.73. The fourth-order valence-electron chi connectivity index (χ4n) is 1.69. The zero-order valence-corrected chi connectivity index (χ0v) is 8.32. The molecule has 0 spiro atoms. The molecule has 0 amide bonds. The van der Waals surface area contributed by atoms with Crippen LogP contribution in [0.2, 0.25) is 0 Å². The molecule has 0 bridgehead atoms. The van der Waals surface area contributed by atoms with Gasteiger partial charge in [-0.1, -0.05) is 6.92 Å². The minimum Gasteiger partial charge on any atom is -0.469 e. The summed E-state index contributed by atoms with van der Waals surface area (Å²) in [5.74, 6) is -0.184. The largest absolute Gasteiger partial charge is 0.469 e. The number of carbonyl (C=O) groups is 1. The molecule has 0 aliphatic carbocycles. The Kier molecular flexibility index (Phi) is 3.69. The number of nitrogens with zero attached hydrogens (tertiary/aromatic N) is 1. The van der Waals surface area contributed by atoms with Gasteiger partial charge >= 0.3 is 5.97 Å². The van der Waals surface area contributed by atoms with Crippen LogP contribution in [0.4, 0.5) is 0 Å². The SMILES string of the molecule is COC(=O)C(C)CN1CC[C@H](N)C1. The Morgan fingerprint density at radius 3 is 2.92 bits per heavy atom. The average Bonchev–Trinajstić information content (AvgIpc) is 2.49. The lowest BCUT2D eigenvalue weighted by Gasteiger charge is -2.18. The maximum atomic E-state index is 11.1. The summed E-state index contributed by atoms with van der Waals surface area (Å²) < 4.78 is 4.65. The van der Waals surface area contributed by atoms with E-state index < -0.39 is 0 Å². The van der Waals surface area contributed by atoms with Crippen LogP contribution in [0, 0.1) is 5.92 Å². The number of carbonyl (C=O) groups excluding carboxylic acids is 1. The van der Waals surface area contributed by atoms with Crippen molar-refractivity contribution in [2.75, 3.05) is 26.7 Å². The number of hydrogen-bond donors (Lipinski definition) is 1. The predicted molar refractivity (Wildman–Crippen MR) is 50.2 cm³/mol. The smallest absolute Gasteiger partial charge is 0.309 e. The molecule has 0 radical (unpaired) electrons. The summed E-state index contributed by atoms with van der Waals surface area (Å²) >= 11 is 0. The van der Waals surface area contributed by atoms with E-state index in [0.717, 1.165) is 26.1 Å². The molecule has 1 unspecified atom stereocenters. The molecule has 2 atom stereocenters. The van der Waals surface area contributed by atoms with E-state index >= 15 is 0 Å². The Balaban J connectivity index is 2.28. The molecule has 1 aliphatic heterocycles. The molecule has 1 heterocycles. The maximum Gasteiger partial charge on any atom is 0.309 e. The summed E-state index contributed by atoms with van der Waals surface area (Å²) in [7, 11) is 1.43. The third-order valence-electron chi connectivity index (χ3n) is 2.44. The van der Waals surface area contributed by atoms with E-state index in [9.17, 15) is 4.79 Å². The van der Waals surface area contributed by atoms with Gasteiger partial charge in [0.15, 0.2) is 0 Å². The van der Waals surface area contributed by atoms with Crippen molar-refractivity contribution in [2.24, 2.45) is 11.7 Å². The van der Waals surface area contributed by atoms with E-state index in [0.29, 0.717) is 0 Å². The van der Waals surface area contributed by atoms with Crippen LogP contribution >= 0.6 is 0 Å². The Labute approximate surface area is 79.0 Å². The van der Waals surface area contributed by atoms with Gasteiger partial charge in [0.2, 0.25) is 0 Å². The van der Waals surface area contributed by atoms with Crippen molar-refractivity contribution in [3.05, 3.63) is 0 Å². The summed E-state index contributed by atoms with van der Waals surface area (Å²) in [6, 6.07) is 0.282. The van der Waals surface area contributed by atoms with Gasteiger partial charge in [0.1, 0.15) is 0 Å². The van der Waals surface area contributed by atoms with Gasteiger partial charge in [-0.2, -0.15) is 0 Å². The van der Waals surface area contributed by atoms with Crippen LogP contribution in [0.3, 0.4) is 0 Å². The molecule has 13 heavy (non-hydrogen) atoms. The van der Waals surface area contributed by atoms with Crippen LogP contribution in [0.15, 0.2) is 0 Å². The van der Waals surface area contributed by atoms with Crippen molar-refractivity contribution in [3.63, 3.8) is 0 Å². The van der Waals surface area contributed by atoms with Crippen LogP contribution in [0.1, 0.15) is 13.3 Å². The first-order valence-corrected chi connectivity index (χ1v) is 4.69. The Hall–Kier alpha value is -0.610. The molecule has 4 heteroatoms. The molecule has 1 aliphatic rings. The van der Waals surface area contributed by atoms with Gasteiger partial charge < -0.3 is 15.4 Å². The molecule has 0 aromatic heterocycles. The quantitative estimate of drug-likeness (QED) is 0.622. The summed E-state index contributed by atoms with van der Waals surface area (Å²) in [6.45, 7) is 4.56. The maximum absolute atomic E-state index is 11.1. The molecule has 0 aromatic carbocycles. The Morgan fingerprint density at radius 1 is 1.77 bits per heavy atom. The van der Waals surface area contributed by atoms with E-state index in [4.69, 9.17) is 5.73 Å².